The Bertz CT molecular complexity index is 586. The van der Waals surface area contributed by atoms with Crippen LogP contribution in [0.15, 0.2) is 22.8 Å². The molecule has 1 saturated carbocycles. The predicted octanol–water partition coefficient (Wildman–Crippen LogP) is 4.81. The number of nitrogens with zero attached hydrogens (tertiary/aromatic N) is 2. The van der Waals surface area contributed by atoms with Crippen LogP contribution in [0.5, 0.6) is 0 Å². The molecule has 132 valence electrons. The zero-order valence-corrected chi connectivity index (χ0v) is 16.4. The number of halogens is 1. The van der Waals surface area contributed by atoms with Gasteiger partial charge in [0.15, 0.2) is 0 Å². The second kappa shape index (κ2) is 6.66. The van der Waals surface area contributed by atoms with Crippen molar-refractivity contribution in [1.82, 2.24) is 9.88 Å². The normalized spacial score (nSPS) is 22.5. The molecular weight excluding hydrogens is 368 g/mol. The SMILES string of the molecule is CC(C)(C)OC(=O)N1CCC2(CC1)CC2CCc1ccc(Br)cn1. The maximum atomic E-state index is 12.2. The van der Waals surface area contributed by atoms with Crippen molar-refractivity contribution in [3.05, 3.63) is 28.5 Å². The molecule has 3 rings (SSSR count). The van der Waals surface area contributed by atoms with Gasteiger partial charge in [-0.2, -0.15) is 0 Å². The summed E-state index contributed by atoms with van der Waals surface area (Å²) in [7, 11) is 0. The van der Waals surface area contributed by atoms with Crippen LogP contribution in [-0.4, -0.2) is 34.7 Å². The molecule has 1 aromatic heterocycles. The van der Waals surface area contributed by atoms with Gasteiger partial charge in [-0.3, -0.25) is 4.98 Å². The van der Waals surface area contributed by atoms with E-state index in [0.717, 1.165) is 42.7 Å². The number of aromatic nitrogens is 1. The van der Waals surface area contributed by atoms with Gasteiger partial charge in [-0.25, -0.2) is 4.79 Å². The number of amides is 1. The first-order valence-corrected chi connectivity index (χ1v) is 9.65. The zero-order valence-electron chi connectivity index (χ0n) is 14.8. The molecule has 1 aliphatic heterocycles. The fraction of sp³-hybridized carbons (Fsp3) is 0.684. The lowest BCUT2D eigenvalue weighted by Gasteiger charge is -2.34. The minimum atomic E-state index is -0.411. The third kappa shape index (κ3) is 4.29. The van der Waals surface area contributed by atoms with Crippen molar-refractivity contribution in [2.75, 3.05) is 13.1 Å². The van der Waals surface area contributed by atoms with Crippen LogP contribution in [0.4, 0.5) is 4.79 Å². The molecule has 0 radical (unpaired) electrons. The summed E-state index contributed by atoms with van der Waals surface area (Å²) in [6.07, 6.45) is 7.52. The standard InChI is InChI=1S/C19H27BrN2O2/c1-18(2,3)24-17(23)22-10-8-19(9-11-22)12-14(19)4-6-16-7-5-15(20)13-21-16/h5,7,13-14H,4,6,8-12H2,1-3H3. The molecular formula is C19H27BrN2O2. The molecule has 24 heavy (non-hydrogen) atoms. The van der Waals surface area contributed by atoms with Gasteiger partial charge in [-0.05, 0) is 92.3 Å². The molecule has 1 aliphatic carbocycles. The highest BCUT2D eigenvalue weighted by atomic mass is 79.9. The smallest absolute Gasteiger partial charge is 0.410 e. The Balaban J connectivity index is 1.44. The van der Waals surface area contributed by atoms with E-state index in [4.69, 9.17) is 4.74 Å². The summed E-state index contributed by atoms with van der Waals surface area (Å²) >= 11 is 3.43. The number of carbonyl (C=O) groups is 1. The first kappa shape index (κ1) is 17.7. The van der Waals surface area contributed by atoms with Gasteiger partial charge in [0.25, 0.3) is 0 Å². The minimum Gasteiger partial charge on any atom is -0.444 e. The van der Waals surface area contributed by atoms with Crippen molar-refractivity contribution < 1.29 is 9.53 Å². The molecule has 5 heteroatoms. The van der Waals surface area contributed by atoms with Gasteiger partial charge in [0.1, 0.15) is 5.60 Å². The third-order valence-corrected chi connectivity index (χ3v) is 5.78. The second-order valence-corrected chi connectivity index (χ2v) is 9.15. The van der Waals surface area contributed by atoms with Gasteiger partial charge in [0.2, 0.25) is 0 Å². The van der Waals surface area contributed by atoms with Crippen LogP contribution in [0.1, 0.15) is 52.1 Å². The molecule has 1 saturated heterocycles. The highest BCUT2D eigenvalue weighted by Gasteiger charge is 2.54. The van der Waals surface area contributed by atoms with E-state index in [0.29, 0.717) is 5.41 Å². The summed E-state index contributed by atoms with van der Waals surface area (Å²) in [4.78, 5) is 18.5. The summed E-state index contributed by atoms with van der Waals surface area (Å²) in [6.45, 7) is 7.43. The summed E-state index contributed by atoms with van der Waals surface area (Å²) < 4.78 is 6.51. The lowest BCUT2D eigenvalue weighted by Crippen LogP contribution is -2.42. The van der Waals surface area contributed by atoms with E-state index in [1.165, 1.54) is 18.5 Å². The number of pyridine rings is 1. The summed E-state index contributed by atoms with van der Waals surface area (Å²) in [6, 6.07) is 4.16. The molecule has 2 fully saturated rings. The van der Waals surface area contributed by atoms with Crippen LogP contribution >= 0.6 is 15.9 Å². The number of hydrogen-bond donors (Lipinski definition) is 0. The van der Waals surface area contributed by atoms with Crippen molar-refractivity contribution in [2.24, 2.45) is 11.3 Å². The predicted molar refractivity (Wildman–Crippen MR) is 97.8 cm³/mol. The number of carbonyl (C=O) groups excluding carboxylic acids is 1. The van der Waals surface area contributed by atoms with Crippen LogP contribution in [0.3, 0.4) is 0 Å². The fourth-order valence-corrected chi connectivity index (χ4v) is 4.02. The number of hydrogen-bond acceptors (Lipinski definition) is 3. The van der Waals surface area contributed by atoms with Crippen molar-refractivity contribution >= 4 is 22.0 Å². The molecule has 0 N–H and O–H groups in total. The highest BCUT2D eigenvalue weighted by Crippen LogP contribution is 2.61. The first-order chi connectivity index (χ1) is 11.3. The Morgan fingerprint density at radius 3 is 2.67 bits per heavy atom. The Morgan fingerprint density at radius 1 is 1.38 bits per heavy atom. The Labute approximate surface area is 153 Å². The molecule has 4 nitrogen and oxygen atoms in total. The van der Waals surface area contributed by atoms with Gasteiger partial charge < -0.3 is 9.64 Å². The highest BCUT2D eigenvalue weighted by molar-refractivity contribution is 9.10. The number of likely N-dealkylation sites (tertiary alicyclic amines) is 1. The van der Waals surface area contributed by atoms with E-state index >= 15 is 0 Å². The van der Waals surface area contributed by atoms with Crippen LogP contribution in [0.25, 0.3) is 0 Å². The van der Waals surface area contributed by atoms with E-state index in [1.807, 2.05) is 31.9 Å². The Kier molecular flexibility index (Phi) is 4.92. The van der Waals surface area contributed by atoms with E-state index in [2.05, 4.69) is 33.0 Å². The van der Waals surface area contributed by atoms with Crippen LogP contribution in [0, 0.1) is 11.3 Å². The summed E-state index contributed by atoms with van der Waals surface area (Å²) in [5.74, 6) is 0.795. The second-order valence-electron chi connectivity index (χ2n) is 8.24. The van der Waals surface area contributed by atoms with Gasteiger partial charge in [0.05, 0.1) is 0 Å². The van der Waals surface area contributed by atoms with Crippen LogP contribution < -0.4 is 0 Å². The monoisotopic (exact) mass is 394 g/mol. The number of piperidine rings is 1. The fourth-order valence-electron chi connectivity index (χ4n) is 3.79. The van der Waals surface area contributed by atoms with Gasteiger partial charge in [-0.15, -0.1) is 0 Å². The number of ether oxygens (including phenoxy) is 1. The van der Waals surface area contributed by atoms with Crippen molar-refractivity contribution in [1.29, 1.82) is 0 Å². The minimum absolute atomic E-state index is 0.159. The molecule has 1 atom stereocenters. The van der Waals surface area contributed by atoms with E-state index < -0.39 is 5.60 Å². The Morgan fingerprint density at radius 2 is 2.08 bits per heavy atom. The van der Waals surface area contributed by atoms with E-state index in [-0.39, 0.29) is 6.09 Å². The van der Waals surface area contributed by atoms with Crippen molar-refractivity contribution in [3.8, 4) is 0 Å². The van der Waals surface area contributed by atoms with Crippen molar-refractivity contribution in [2.45, 2.75) is 58.5 Å². The lowest BCUT2D eigenvalue weighted by molar-refractivity contribution is 0.0165. The topological polar surface area (TPSA) is 42.4 Å². The van der Waals surface area contributed by atoms with Gasteiger partial charge in [-0.1, -0.05) is 0 Å². The van der Waals surface area contributed by atoms with Gasteiger partial charge >= 0.3 is 6.09 Å². The molecule has 0 aromatic carbocycles. The first-order valence-electron chi connectivity index (χ1n) is 8.86. The molecule has 0 bridgehead atoms. The van der Waals surface area contributed by atoms with Crippen LogP contribution in [0.2, 0.25) is 0 Å². The maximum absolute atomic E-state index is 12.2. The third-order valence-electron chi connectivity index (χ3n) is 5.31. The Hall–Kier alpha value is -1.10. The lowest BCUT2D eigenvalue weighted by atomic mass is 9.89. The van der Waals surface area contributed by atoms with E-state index in [9.17, 15) is 4.79 Å². The quantitative estimate of drug-likeness (QED) is 0.738. The largest absolute Gasteiger partial charge is 0.444 e. The number of aryl methyl sites for hydroxylation is 1. The molecule has 1 amide bonds. The number of rotatable bonds is 3. The molecule has 2 aliphatic rings. The summed E-state index contributed by atoms with van der Waals surface area (Å²) in [5, 5.41) is 0. The van der Waals surface area contributed by atoms with Gasteiger partial charge in [0, 0.05) is 29.5 Å². The van der Waals surface area contributed by atoms with E-state index in [1.54, 1.807) is 0 Å². The average molecular weight is 395 g/mol. The van der Waals surface area contributed by atoms with Crippen LogP contribution in [-0.2, 0) is 11.2 Å². The zero-order chi connectivity index (χ0) is 17.4. The summed E-state index contributed by atoms with van der Waals surface area (Å²) in [5.41, 5.74) is 1.24. The average Bonchev–Trinajstić information content (AvgIpc) is 3.18. The molecule has 1 unspecified atom stereocenters. The molecule has 2 heterocycles. The molecule has 1 aromatic rings. The molecule has 1 spiro atoms. The van der Waals surface area contributed by atoms with Crippen molar-refractivity contribution in [3.63, 3.8) is 0 Å². The maximum Gasteiger partial charge on any atom is 0.410 e.